The van der Waals surface area contributed by atoms with E-state index in [1.807, 2.05) is 60.1 Å². The van der Waals surface area contributed by atoms with Crippen LogP contribution in [0.25, 0.3) is 22.0 Å². The van der Waals surface area contributed by atoms with Gasteiger partial charge in [0.25, 0.3) is 5.56 Å². The van der Waals surface area contributed by atoms with Crippen molar-refractivity contribution >= 4 is 26.8 Å². The molecular formula is C27H24BrN5O2. The van der Waals surface area contributed by atoms with E-state index in [-0.39, 0.29) is 5.56 Å². The van der Waals surface area contributed by atoms with Gasteiger partial charge in [0.1, 0.15) is 15.9 Å². The zero-order chi connectivity index (χ0) is 24.7. The van der Waals surface area contributed by atoms with Crippen LogP contribution in [0.2, 0.25) is 0 Å². The van der Waals surface area contributed by atoms with E-state index >= 15 is 0 Å². The summed E-state index contributed by atoms with van der Waals surface area (Å²) < 4.78 is 9.71. The monoisotopic (exact) mass is 529 g/mol. The number of hydrogen-bond donors (Lipinski definition) is 1. The van der Waals surface area contributed by atoms with E-state index in [2.05, 4.69) is 32.0 Å². The third kappa shape index (κ3) is 3.84. The standard InChI is InChI=1S/C27H24BrN5O2/c1-32-16-30-15-24(32)27(29,19-8-10-25(28)31-14-19)18-7-9-23-22(12-18)21(13-26(34)33(23)2)17-5-4-6-20(11-17)35-3/h4-16H,29H2,1-3H3. The second kappa shape index (κ2) is 8.79. The molecule has 7 nitrogen and oxygen atoms in total. The number of imidazole rings is 1. The number of ether oxygens (including phenoxy) is 1. The van der Waals surface area contributed by atoms with Gasteiger partial charge in [0.2, 0.25) is 0 Å². The predicted octanol–water partition coefficient (Wildman–Crippen LogP) is 4.36. The Morgan fingerprint density at radius 3 is 2.49 bits per heavy atom. The van der Waals surface area contributed by atoms with E-state index in [0.29, 0.717) is 0 Å². The molecule has 1 unspecified atom stereocenters. The smallest absolute Gasteiger partial charge is 0.251 e. The lowest BCUT2D eigenvalue weighted by atomic mass is 9.81. The lowest BCUT2D eigenvalue weighted by Gasteiger charge is -2.31. The van der Waals surface area contributed by atoms with Crippen molar-refractivity contribution < 1.29 is 4.74 Å². The molecule has 8 heteroatoms. The van der Waals surface area contributed by atoms with E-state index in [0.717, 1.165) is 49.2 Å². The molecule has 0 aliphatic carbocycles. The first kappa shape index (κ1) is 23.0. The number of aromatic nitrogens is 4. The van der Waals surface area contributed by atoms with Crippen LogP contribution in [0.1, 0.15) is 16.8 Å². The lowest BCUT2D eigenvalue weighted by molar-refractivity contribution is 0.415. The van der Waals surface area contributed by atoms with E-state index in [9.17, 15) is 4.79 Å². The third-order valence-electron chi connectivity index (χ3n) is 6.49. The molecule has 0 aliphatic heterocycles. The Balaban J connectivity index is 1.83. The maximum absolute atomic E-state index is 12.8. The van der Waals surface area contributed by atoms with Gasteiger partial charge in [-0.15, -0.1) is 0 Å². The van der Waals surface area contributed by atoms with Gasteiger partial charge in [0.05, 0.1) is 30.8 Å². The molecule has 0 saturated heterocycles. The van der Waals surface area contributed by atoms with Crippen molar-refractivity contribution in [2.24, 2.45) is 19.8 Å². The summed E-state index contributed by atoms with van der Waals surface area (Å²) in [6.45, 7) is 0. The van der Waals surface area contributed by atoms with Gasteiger partial charge in [-0.2, -0.15) is 0 Å². The van der Waals surface area contributed by atoms with Gasteiger partial charge in [-0.25, -0.2) is 9.97 Å². The second-order valence-corrected chi connectivity index (χ2v) is 9.30. The summed E-state index contributed by atoms with van der Waals surface area (Å²) in [5.41, 5.74) is 11.1. The van der Waals surface area contributed by atoms with Crippen LogP contribution in [0, 0.1) is 0 Å². The minimum Gasteiger partial charge on any atom is -0.497 e. The van der Waals surface area contributed by atoms with Crippen molar-refractivity contribution in [3.8, 4) is 16.9 Å². The number of hydrogen-bond acceptors (Lipinski definition) is 5. The molecule has 1 atom stereocenters. The number of methoxy groups -OCH3 is 1. The van der Waals surface area contributed by atoms with E-state index in [1.165, 1.54) is 0 Å². The summed E-state index contributed by atoms with van der Waals surface area (Å²) >= 11 is 3.41. The van der Waals surface area contributed by atoms with E-state index < -0.39 is 5.54 Å². The minimum atomic E-state index is -1.03. The topological polar surface area (TPSA) is 88.0 Å². The zero-order valence-electron chi connectivity index (χ0n) is 19.6. The third-order valence-corrected chi connectivity index (χ3v) is 6.96. The number of halogens is 1. The van der Waals surface area contributed by atoms with Gasteiger partial charge >= 0.3 is 0 Å². The summed E-state index contributed by atoms with van der Waals surface area (Å²) in [6.07, 6.45) is 5.27. The number of pyridine rings is 2. The van der Waals surface area contributed by atoms with Gasteiger partial charge in [-0.05, 0) is 63.0 Å². The second-order valence-electron chi connectivity index (χ2n) is 8.49. The van der Waals surface area contributed by atoms with Gasteiger partial charge in [-0.3, -0.25) is 4.79 Å². The van der Waals surface area contributed by atoms with Gasteiger partial charge in [-0.1, -0.05) is 24.3 Å². The SMILES string of the molecule is COc1cccc(-c2cc(=O)n(C)c3ccc(C(N)(c4ccc(Br)nc4)c4cncn4C)cc23)c1. The van der Waals surface area contributed by atoms with Crippen LogP contribution in [0.3, 0.4) is 0 Å². The van der Waals surface area contributed by atoms with Crippen molar-refractivity contribution in [2.45, 2.75) is 5.54 Å². The van der Waals surface area contributed by atoms with Crippen molar-refractivity contribution in [2.75, 3.05) is 7.11 Å². The molecule has 0 aliphatic rings. The lowest BCUT2D eigenvalue weighted by Crippen LogP contribution is -2.41. The normalized spacial score (nSPS) is 13.1. The molecule has 0 radical (unpaired) electrons. The van der Waals surface area contributed by atoms with Gasteiger partial charge < -0.3 is 19.6 Å². The minimum absolute atomic E-state index is 0.0918. The molecule has 0 spiro atoms. The molecule has 5 rings (SSSR count). The highest BCUT2D eigenvalue weighted by Crippen LogP contribution is 2.37. The van der Waals surface area contributed by atoms with Crippen LogP contribution in [0.15, 0.2) is 88.8 Å². The average Bonchev–Trinajstić information content (AvgIpc) is 3.32. The molecule has 2 N–H and O–H groups in total. The molecule has 0 saturated carbocycles. The molecule has 0 fully saturated rings. The molecule has 0 amide bonds. The van der Waals surface area contributed by atoms with Crippen molar-refractivity contribution in [3.63, 3.8) is 0 Å². The summed E-state index contributed by atoms with van der Waals surface area (Å²) in [6, 6.07) is 19.1. The van der Waals surface area contributed by atoms with Crippen LogP contribution < -0.4 is 16.0 Å². The largest absolute Gasteiger partial charge is 0.497 e. The average molecular weight is 530 g/mol. The molecule has 3 heterocycles. The number of benzene rings is 2. The highest BCUT2D eigenvalue weighted by Gasteiger charge is 2.35. The fraction of sp³-hybridized carbons (Fsp3) is 0.148. The first-order valence-corrected chi connectivity index (χ1v) is 11.8. The Bertz CT molecular complexity index is 1610. The predicted molar refractivity (Wildman–Crippen MR) is 140 cm³/mol. The number of aryl methyl sites for hydroxylation is 2. The Morgan fingerprint density at radius 2 is 1.80 bits per heavy atom. The van der Waals surface area contributed by atoms with Crippen molar-refractivity contribution in [1.82, 2.24) is 19.1 Å². The van der Waals surface area contributed by atoms with Crippen LogP contribution in [-0.2, 0) is 19.6 Å². The maximum atomic E-state index is 12.8. The zero-order valence-corrected chi connectivity index (χ0v) is 21.2. The number of nitrogens with two attached hydrogens (primary N) is 1. The molecule has 35 heavy (non-hydrogen) atoms. The van der Waals surface area contributed by atoms with E-state index in [4.69, 9.17) is 10.5 Å². The van der Waals surface area contributed by atoms with Gasteiger partial charge in [0, 0.05) is 37.3 Å². The number of fused-ring (bicyclic) bond motifs is 1. The summed E-state index contributed by atoms with van der Waals surface area (Å²) in [5, 5.41) is 0.903. The maximum Gasteiger partial charge on any atom is 0.251 e. The van der Waals surface area contributed by atoms with Crippen molar-refractivity contribution in [3.05, 3.63) is 111 Å². The summed E-state index contributed by atoms with van der Waals surface area (Å²) in [7, 11) is 5.32. The molecule has 0 bridgehead atoms. The fourth-order valence-corrected chi connectivity index (χ4v) is 4.78. The van der Waals surface area contributed by atoms with E-state index in [1.54, 1.807) is 43.5 Å². The Labute approximate surface area is 211 Å². The Hall–Kier alpha value is -3.75. The number of rotatable bonds is 5. The first-order chi connectivity index (χ1) is 16.8. The Kier molecular flexibility index (Phi) is 5.78. The number of nitrogens with zero attached hydrogens (tertiary/aromatic N) is 4. The molecule has 5 aromatic rings. The highest BCUT2D eigenvalue weighted by atomic mass is 79.9. The Morgan fingerprint density at radius 1 is 1.00 bits per heavy atom. The molecule has 3 aromatic heterocycles. The summed E-state index contributed by atoms with van der Waals surface area (Å²) in [5.74, 6) is 0.719. The molecular weight excluding hydrogens is 506 g/mol. The van der Waals surface area contributed by atoms with Crippen molar-refractivity contribution in [1.29, 1.82) is 0 Å². The molecule has 176 valence electrons. The summed E-state index contributed by atoms with van der Waals surface area (Å²) in [4.78, 5) is 21.6. The van der Waals surface area contributed by atoms with Crippen LogP contribution in [0.5, 0.6) is 5.75 Å². The highest BCUT2D eigenvalue weighted by molar-refractivity contribution is 9.10. The fourth-order valence-electron chi connectivity index (χ4n) is 4.54. The van der Waals surface area contributed by atoms with Crippen LogP contribution >= 0.6 is 15.9 Å². The first-order valence-electron chi connectivity index (χ1n) is 11.0. The van der Waals surface area contributed by atoms with Crippen LogP contribution in [-0.4, -0.2) is 26.2 Å². The van der Waals surface area contributed by atoms with Gasteiger partial charge in [0.15, 0.2) is 0 Å². The quantitative estimate of drug-likeness (QED) is 0.342. The van der Waals surface area contributed by atoms with Crippen LogP contribution in [0.4, 0.5) is 0 Å². The molecule has 2 aromatic carbocycles.